The van der Waals surface area contributed by atoms with Crippen LogP contribution in [0.15, 0.2) is 47.4 Å². The van der Waals surface area contributed by atoms with E-state index in [4.69, 9.17) is 4.74 Å². The number of methoxy groups -OCH3 is 1. The van der Waals surface area contributed by atoms with Gasteiger partial charge in [-0.2, -0.15) is 0 Å². The number of carbonyl (C=O) groups is 1. The molecule has 0 spiro atoms. The molecule has 5 rings (SSSR count). The Bertz CT molecular complexity index is 1160. The predicted molar refractivity (Wildman–Crippen MR) is 137 cm³/mol. The number of hydrogen-bond donors (Lipinski definition) is 1. The Morgan fingerprint density at radius 3 is 2.46 bits per heavy atom. The lowest BCUT2D eigenvalue weighted by molar-refractivity contribution is -0.119. The van der Waals surface area contributed by atoms with E-state index in [-0.39, 0.29) is 16.7 Å². The highest BCUT2D eigenvalue weighted by atomic mass is 32.2. The predicted octanol–water partition coefficient (Wildman–Crippen LogP) is 2.48. The van der Waals surface area contributed by atoms with Gasteiger partial charge in [0, 0.05) is 56.6 Å². The van der Waals surface area contributed by atoms with E-state index in [9.17, 15) is 13.2 Å². The average Bonchev–Trinajstić information content (AvgIpc) is 3.65. The largest absolute Gasteiger partial charge is 0.497 e. The van der Waals surface area contributed by atoms with Crippen molar-refractivity contribution in [1.29, 1.82) is 0 Å². The molecule has 3 aliphatic rings. The molecule has 1 saturated carbocycles. The third kappa shape index (κ3) is 5.47. The van der Waals surface area contributed by atoms with Crippen LogP contribution < -0.4 is 19.3 Å². The first-order valence-corrected chi connectivity index (χ1v) is 14.0. The molecule has 0 unspecified atom stereocenters. The quantitative estimate of drug-likeness (QED) is 0.535. The lowest BCUT2D eigenvalue weighted by Gasteiger charge is -2.36. The van der Waals surface area contributed by atoms with Crippen LogP contribution in [0.4, 0.5) is 11.4 Å². The van der Waals surface area contributed by atoms with E-state index in [2.05, 4.69) is 26.7 Å². The van der Waals surface area contributed by atoms with Gasteiger partial charge in [0.05, 0.1) is 12.0 Å². The molecular weight excluding hydrogens is 464 g/mol. The van der Waals surface area contributed by atoms with Gasteiger partial charge in [-0.1, -0.05) is 0 Å². The monoisotopic (exact) mass is 498 g/mol. The Morgan fingerprint density at radius 2 is 1.77 bits per heavy atom. The molecule has 9 heteroatoms. The van der Waals surface area contributed by atoms with Crippen molar-refractivity contribution in [1.82, 2.24) is 9.62 Å². The van der Waals surface area contributed by atoms with Gasteiger partial charge < -0.3 is 14.5 Å². The summed E-state index contributed by atoms with van der Waals surface area (Å²) in [6.45, 7) is 5.74. The van der Waals surface area contributed by atoms with Gasteiger partial charge >= 0.3 is 0 Å². The molecule has 1 amide bonds. The molecule has 2 fully saturated rings. The second kappa shape index (κ2) is 10.2. The summed E-state index contributed by atoms with van der Waals surface area (Å²) in [6.07, 6.45) is 3.41. The van der Waals surface area contributed by atoms with Crippen molar-refractivity contribution in [2.45, 2.75) is 30.6 Å². The van der Waals surface area contributed by atoms with Crippen LogP contribution in [0, 0.1) is 5.92 Å². The summed E-state index contributed by atoms with van der Waals surface area (Å²) in [4.78, 5) is 19.3. The Morgan fingerprint density at radius 1 is 1.03 bits per heavy atom. The Kier molecular flexibility index (Phi) is 7.00. The number of ether oxygens (including phenoxy) is 1. The fourth-order valence-corrected chi connectivity index (χ4v) is 6.06. The minimum absolute atomic E-state index is 0.163. The van der Waals surface area contributed by atoms with E-state index in [1.807, 2.05) is 17.0 Å². The van der Waals surface area contributed by atoms with Crippen molar-refractivity contribution < 1.29 is 17.9 Å². The maximum absolute atomic E-state index is 12.8. The van der Waals surface area contributed by atoms with Gasteiger partial charge in [0.25, 0.3) is 0 Å². The molecule has 2 aliphatic heterocycles. The van der Waals surface area contributed by atoms with Crippen molar-refractivity contribution in [2.75, 3.05) is 62.7 Å². The summed E-state index contributed by atoms with van der Waals surface area (Å²) in [6, 6.07) is 13.3. The Balaban J connectivity index is 1.07. The SMILES string of the molecule is COc1ccc(N2CCN(CCCNS(=O)(=O)c3ccc4c(c3)CCN4C(=O)C3CC3)CC2)cc1. The van der Waals surface area contributed by atoms with E-state index in [0.717, 1.165) is 69.0 Å². The van der Waals surface area contributed by atoms with Crippen LogP contribution in [0.3, 0.4) is 0 Å². The van der Waals surface area contributed by atoms with Gasteiger partial charge in [-0.25, -0.2) is 13.1 Å². The van der Waals surface area contributed by atoms with Gasteiger partial charge in [0.2, 0.25) is 15.9 Å². The number of rotatable bonds is 9. The van der Waals surface area contributed by atoms with Crippen LogP contribution in [0.5, 0.6) is 5.75 Å². The zero-order chi connectivity index (χ0) is 24.4. The number of carbonyl (C=O) groups excluding carboxylic acids is 1. The molecule has 1 N–H and O–H groups in total. The summed E-state index contributed by atoms with van der Waals surface area (Å²) >= 11 is 0. The topological polar surface area (TPSA) is 82.2 Å². The zero-order valence-electron chi connectivity index (χ0n) is 20.3. The van der Waals surface area contributed by atoms with Crippen molar-refractivity contribution >= 4 is 27.3 Å². The van der Waals surface area contributed by atoms with Crippen molar-refractivity contribution in [3.8, 4) is 5.75 Å². The van der Waals surface area contributed by atoms with Crippen LogP contribution in [-0.2, 0) is 21.2 Å². The fourth-order valence-electron chi connectivity index (χ4n) is 4.94. The highest BCUT2D eigenvalue weighted by Crippen LogP contribution is 2.37. The lowest BCUT2D eigenvalue weighted by atomic mass is 10.2. The van der Waals surface area contributed by atoms with Crippen molar-refractivity contribution in [3.63, 3.8) is 0 Å². The third-order valence-corrected chi connectivity index (χ3v) is 8.66. The zero-order valence-corrected chi connectivity index (χ0v) is 21.1. The van der Waals surface area contributed by atoms with Crippen molar-refractivity contribution in [3.05, 3.63) is 48.0 Å². The second-order valence-corrected chi connectivity index (χ2v) is 11.3. The number of piperazine rings is 1. The molecule has 35 heavy (non-hydrogen) atoms. The van der Waals surface area contributed by atoms with E-state index in [0.29, 0.717) is 19.5 Å². The molecular formula is C26H34N4O4S. The summed E-state index contributed by atoms with van der Waals surface area (Å²) < 4.78 is 33.7. The average molecular weight is 499 g/mol. The Hall–Kier alpha value is -2.62. The van der Waals surface area contributed by atoms with Crippen LogP contribution in [0.25, 0.3) is 0 Å². The van der Waals surface area contributed by atoms with Crippen LogP contribution in [-0.4, -0.2) is 72.1 Å². The van der Waals surface area contributed by atoms with E-state index >= 15 is 0 Å². The van der Waals surface area contributed by atoms with Gasteiger partial charge in [-0.3, -0.25) is 9.69 Å². The number of fused-ring (bicyclic) bond motifs is 1. The molecule has 1 saturated heterocycles. The molecule has 0 bridgehead atoms. The number of amides is 1. The first-order valence-electron chi connectivity index (χ1n) is 12.5. The van der Waals surface area contributed by atoms with E-state index in [1.165, 1.54) is 5.69 Å². The van der Waals surface area contributed by atoms with Crippen LogP contribution in [0.1, 0.15) is 24.8 Å². The fraction of sp³-hybridized carbons (Fsp3) is 0.500. The highest BCUT2D eigenvalue weighted by molar-refractivity contribution is 7.89. The van der Waals surface area contributed by atoms with Gasteiger partial charge in [-0.15, -0.1) is 0 Å². The number of nitrogens with one attached hydrogen (secondary N) is 1. The van der Waals surface area contributed by atoms with Crippen molar-refractivity contribution in [2.24, 2.45) is 5.92 Å². The molecule has 0 aromatic heterocycles. The standard InChI is InChI=1S/C26H34N4O4S/c1-34-23-7-5-22(6-8-23)29-17-15-28(16-18-29)13-2-12-27-35(32,33)24-9-10-25-21(19-24)11-14-30(25)26(31)20-3-4-20/h5-10,19-20,27H,2-4,11-18H2,1H3. The maximum Gasteiger partial charge on any atom is 0.240 e. The normalized spacial score (nSPS) is 18.5. The molecule has 2 heterocycles. The first-order chi connectivity index (χ1) is 16.9. The molecule has 2 aromatic rings. The first kappa shape index (κ1) is 24.1. The second-order valence-electron chi connectivity index (χ2n) is 9.58. The minimum atomic E-state index is -3.57. The molecule has 0 radical (unpaired) electrons. The third-order valence-electron chi connectivity index (χ3n) is 7.20. The smallest absolute Gasteiger partial charge is 0.240 e. The highest BCUT2D eigenvalue weighted by Gasteiger charge is 2.36. The molecule has 188 valence electrons. The lowest BCUT2D eigenvalue weighted by Crippen LogP contribution is -2.47. The minimum Gasteiger partial charge on any atom is -0.497 e. The van der Waals surface area contributed by atoms with Crippen LogP contribution in [0.2, 0.25) is 0 Å². The molecule has 0 atom stereocenters. The summed E-state index contributed by atoms with van der Waals surface area (Å²) in [5, 5.41) is 0. The van der Waals surface area contributed by atoms with Crippen LogP contribution >= 0.6 is 0 Å². The number of anilines is 2. The molecule has 1 aliphatic carbocycles. The molecule has 2 aromatic carbocycles. The summed E-state index contributed by atoms with van der Waals surface area (Å²) in [5.41, 5.74) is 3.01. The molecule has 8 nitrogen and oxygen atoms in total. The van der Waals surface area contributed by atoms with E-state index in [1.54, 1.807) is 25.3 Å². The van der Waals surface area contributed by atoms with Gasteiger partial charge in [0.1, 0.15) is 5.75 Å². The van der Waals surface area contributed by atoms with E-state index < -0.39 is 10.0 Å². The van der Waals surface area contributed by atoms with Gasteiger partial charge in [0.15, 0.2) is 0 Å². The number of hydrogen-bond acceptors (Lipinski definition) is 6. The Labute approximate surface area is 207 Å². The summed E-state index contributed by atoms with van der Waals surface area (Å²) in [5.74, 6) is 1.21. The number of nitrogens with zero attached hydrogens (tertiary/aromatic N) is 3. The summed E-state index contributed by atoms with van der Waals surface area (Å²) in [7, 11) is -1.89. The maximum atomic E-state index is 12.8. The number of sulfonamides is 1. The van der Waals surface area contributed by atoms with Gasteiger partial charge in [-0.05, 0) is 80.3 Å². The number of benzene rings is 2.